The van der Waals surface area contributed by atoms with Crippen molar-refractivity contribution in [2.45, 2.75) is 6.54 Å². The van der Waals surface area contributed by atoms with Gasteiger partial charge in [-0.2, -0.15) is 9.78 Å². The zero-order chi connectivity index (χ0) is 22.6. The van der Waals surface area contributed by atoms with Crippen molar-refractivity contribution >= 4 is 22.4 Å². The number of morpholine rings is 1. The number of nitrogens with one attached hydrogen (secondary N) is 1. The topological polar surface area (TPSA) is 76.5 Å². The van der Waals surface area contributed by atoms with E-state index in [0.717, 1.165) is 38.4 Å². The summed E-state index contributed by atoms with van der Waals surface area (Å²) >= 11 is 0. The van der Waals surface area contributed by atoms with E-state index in [1.165, 1.54) is 4.68 Å². The maximum Gasteiger partial charge on any atom is 0.279 e. The summed E-state index contributed by atoms with van der Waals surface area (Å²) in [5.74, 6) is -0.362. The predicted molar refractivity (Wildman–Crippen MR) is 128 cm³/mol. The summed E-state index contributed by atoms with van der Waals surface area (Å²) in [5.41, 5.74) is 2.35. The van der Waals surface area contributed by atoms with E-state index in [0.29, 0.717) is 22.1 Å². The third-order valence-electron chi connectivity index (χ3n) is 5.72. The van der Waals surface area contributed by atoms with Crippen LogP contribution in [0.1, 0.15) is 16.1 Å². The van der Waals surface area contributed by atoms with Gasteiger partial charge in [-0.25, -0.2) is 0 Å². The van der Waals surface area contributed by atoms with E-state index in [1.54, 1.807) is 36.4 Å². The number of ether oxygens (including phenoxy) is 1. The van der Waals surface area contributed by atoms with Crippen molar-refractivity contribution in [1.29, 1.82) is 0 Å². The summed E-state index contributed by atoms with van der Waals surface area (Å²) in [5, 5.41) is 8.39. The molecule has 1 aliphatic heterocycles. The number of carbonyl (C=O) groups is 1. The van der Waals surface area contributed by atoms with Crippen LogP contribution in [0.15, 0.2) is 83.7 Å². The van der Waals surface area contributed by atoms with Gasteiger partial charge >= 0.3 is 0 Å². The van der Waals surface area contributed by atoms with Crippen LogP contribution in [0.2, 0.25) is 0 Å². The minimum Gasteiger partial charge on any atom is -0.379 e. The number of amides is 1. The molecule has 0 aliphatic carbocycles. The summed E-state index contributed by atoms with van der Waals surface area (Å²) in [6.45, 7) is 4.08. The minimum atomic E-state index is -0.362. The Labute approximate surface area is 191 Å². The van der Waals surface area contributed by atoms with Crippen LogP contribution in [0.4, 0.5) is 5.69 Å². The molecule has 0 saturated carbocycles. The number of benzene rings is 3. The van der Waals surface area contributed by atoms with Crippen molar-refractivity contribution in [3.63, 3.8) is 0 Å². The smallest absolute Gasteiger partial charge is 0.279 e. The molecule has 0 bridgehead atoms. The molecule has 3 aromatic carbocycles. The molecule has 1 N–H and O–H groups in total. The number of aromatic nitrogens is 2. The molecule has 0 atom stereocenters. The first-order valence-electron chi connectivity index (χ1n) is 11.0. The first-order chi connectivity index (χ1) is 16.2. The molecule has 33 heavy (non-hydrogen) atoms. The highest BCUT2D eigenvalue weighted by molar-refractivity contribution is 6.11. The standard InChI is InChI=1S/C26H24N4O3/c31-25(27-20-8-6-7-19(17-20)18-29-13-15-33-16-14-29)24-22-11-4-5-12-23(22)26(32)30(28-24)21-9-2-1-3-10-21/h1-12,17H,13-16,18H2,(H,27,31). The highest BCUT2D eigenvalue weighted by Gasteiger charge is 2.18. The van der Waals surface area contributed by atoms with E-state index >= 15 is 0 Å². The zero-order valence-electron chi connectivity index (χ0n) is 18.1. The lowest BCUT2D eigenvalue weighted by molar-refractivity contribution is 0.0342. The van der Waals surface area contributed by atoms with Crippen molar-refractivity contribution in [2.75, 3.05) is 31.6 Å². The second-order valence-corrected chi connectivity index (χ2v) is 7.99. The van der Waals surface area contributed by atoms with Gasteiger partial charge < -0.3 is 10.1 Å². The van der Waals surface area contributed by atoms with E-state index in [2.05, 4.69) is 15.3 Å². The molecule has 1 saturated heterocycles. The zero-order valence-corrected chi connectivity index (χ0v) is 18.1. The predicted octanol–water partition coefficient (Wildman–Crippen LogP) is 3.47. The Morgan fingerprint density at radius 2 is 1.64 bits per heavy atom. The lowest BCUT2D eigenvalue weighted by Crippen LogP contribution is -2.35. The van der Waals surface area contributed by atoms with Crippen LogP contribution in [-0.2, 0) is 11.3 Å². The third-order valence-corrected chi connectivity index (χ3v) is 5.72. The van der Waals surface area contributed by atoms with Crippen LogP contribution in [0, 0.1) is 0 Å². The SMILES string of the molecule is O=C(Nc1cccc(CN2CCOCC2)c1)c1nn(-c2ccccc2)c(=O)c2ccccc12. The van der Waals surface area contributed by atoms with Gasteiger partial charge in [0.05, 0.1) is 24.3 Å². The molecule has 166 valence electrons. The van der Waals surface area contributed by atoms with E-state index in [4.69, 9.17) is 4.74 Å². The van der Waals surface area contributed by atoms with Crippen LogP contribution < -0.4 is 10.9 Å². The fourth-order valence-corrected chi connectivity index (χ4v) is 4.06. The van der Waals surface area contributed by atoms with Gasteiger partial charge in [-0.3, -0.25) is 14.5 Å². The molecular formula is C26H24N4O3. The lowest BCUT2D eigenvalue weighted by atomic mass is 10.1. The number of rotatable bonds is 5. The van der Waals surface area contributed by atoms with E-state index < -0.39 is 0 Å². The fraction of sp³-hybridized carbons (Fsp3) is 0.192. The molecule has 1 aliphatic rings. The molecule has 7 heteroatoms. The average molecular weight is 441 g/mol. The first kappa shape index (κ1) is 21.1. The van der Waals surface area contributed by atoms with Gasteiger partial charge in [0, 0.05) is 30.7 Å². The molecule has 0 spiro atoms. The van der Waals surface area contributed by atoms with Gasteiger partial charge in [0.1, 0.15) is 0 Å². The van der Waals surface area contributed by atoms with Crippen molar-refractivity contribution in [2.24, 2.45) is 0 Å². The maximum atomic E-state index is 13.3. The van der Waals surface area contributed by atoms with Gasteiger partial charge in [0.2, 0.25) is 0 Å². The highest BCUT2D eigenvalue weighted by atomic mass is 16.5. The second kappa shape index (κ2) is 9.36. The summed E-state index contributed by atoms with van der Waals surface area (Å²) in [6, 6.07) is 24.0. The van der Waals surface area contributed by atoms with E-state index in [9.17, 15) is 9.59 Å². The third kappa shape index (κ3) is 4.55. The van der Waals surface area contributed by atoms with E-state index in [-0.39, 0.29) is 17.2 Å². The van der Waals surface area contributed by atoms with Crippen LogP contribution in [0.3, 0.4) is 0 Å². The molecule has 2 heterocycles. The highest BCUT2D eigenvalue weighted by Crippen LogP contribution is 2.18. The van der Waals surface area contributed by atoms with Gasteiger partial charge in [0.25, 0.3) is 11.5 Å². The number of hydrogen-bond acceptors (Lipinski definition) is 5. The molecule has 1 aromatic heterocycles. The number of nitrogens with zero attached hydrogens (tertiary/aromatic N) is 3. The van der Waals surface area contributed by atoms with Crippen molar-refractivity contribution < 1.29 is 9.53 Å². The van der Waals surface area contributed by atoms with Crippen molar-refractivity contribution in [3.8, 4) is 5.69 Å². The Balaban J connectivity index is 1.47. The summed E-state index contributed by atoms with van der Waals surface area (Å²) in [6.07, 6.45) is 0. The Morgan fingerprint density at radius 3 is 2.42 bits per heavy atom. The number of para-hydroxylation sites is 1. The normalized spacial score (nSPS) is 14.3. The number of hydrogen-bond donors (Lipinski definition) is 1. The Morgan fingerprint density at radius 1 is 0.909 bits per heavy atom. The van der Waals surface area contributed by atoms with Crippen LogP contribution >= 0.6 is 0 Å². The van der Waals surface area contributed by atoms with Crippen LogP contribution in [0.5, 0.6) is 0 Å². The van der Waals surface area contributed by atoms with Gasteiger partial charge in [-0.05, 0) is 35.9 Å². The average Bonchev–Trinajstić information content (AvgIpc) is 2.86. The van der Waals surface area contributed by atoms with Gasteiger partial charge in [-0.1, -0.05) is 48.5 Å². The molecular weight excluding hydrogens is 416 g/mol. The fourth-order valence-electron chi connectivity index (χ4n) is 4.06. The van der Waals surface area contributed by atoms with Crippen molar-refractivity contribution in [3.05, 3.63) is 100 Å². The monoisotopic (exact) mass is 440 g/mol. The van der Waals surface area contributed by atoms with E-state index in [1.807, 2.05) is 42.5 Å². The number of anilines is 1. The summed E-state index contributed by atoms with van der Waals surface area (Å²) < 4.78 is 6.70. The van der Waals surface area contributed by atoms with Gasteiger partial charge in [-0.15, -0.1) is 0 Å². The molecule has 1 amide bonds. The van der Waals surface area contributed by atoms with Gasteiger partial charge in [0.15, 0.2) is 5.69 Å². The molecule has 4 aromatic rings. The number of carbonyl (C=O) groups excluding carboxylic acids is 1. The number of fused-ring (bicyclic) bond motifs is 1. The Bertz CT molecular complexity index is 1340. The maximum absolute atomic E-state index is 13.3. The second-order valence-electron chi connectivity index (χ2n) is 7.99. The Hall–Kier alpha value is -3.81. The van der Waals surface area contributed by atoms with Crippen molar-refractivity contribution in [1.82, 2.24) is 14.7 Å². The summed E-state index contributed by atoms with van der Waals surface area (Å²) in [7, 11) is 0. The molecule has 5 rings (SSSR count). The molecule has 0 radical (unpaired) electrons. The molecule has 0 unspecified atom stereocenters. The largest absolute Gasteiger partial charge is 0.379 e. The van der Waals surface area contributed by atoms with Crippen LogP contribution in [-0.4, -0.2) is 46.9 Å². The Kier molecular flexibility index (Phi) is 5.97. The first-order valence-corrected chi connectivity index (χ1v) is 11.0. The minimum absolute atomic E-state index is 0.202. The summed E-state index contributed by atoms with van der Waals surface area (Å²) in [4.78, 5) is 28.7. The molecule has 1 fully saturated rings. The lowest BCUT2D eigenvalue weighted by Gasteiger charge is -2.26. The van der Waals surface area contributed by atoms with Crippen LogP contribution in [0.25, 0.3) is 16.5 Å². The molecule has 7 nitrogen and oxygen atoms in total. The quantitative estimate of drug-likeness (QED) is 0.514.